The van der Waals surface area contributed by atoms with E-state index in [1.807, 2.05) is 24.4 Å². The number of hydrogen-bond donors (Lipinski definition) is 1. The minimum Gasteiger partial charge on any atom is -0.350 e. The average molecular weight is 448 g/mol. The van der Waals surface area contributed by atoms with E-state index in [4.69, 9.17) is 0 Å². The number of rotatable bonds is 5. The number of nitrogens with zero attached hydrogens (tertiary/aromatic N) is 2. The molecule has 1 fully saturated rings. The molecule has 7 nitrogen and oxygen atoms in total. The molecule has 2 aromatic rings. The van der Waals surface area contributed by atoms with Gasteiger partial charge in [-0.15, -0.1) is 11.3 Å². The summed E-state index contributed by atoms with van der Waals surface area (Å²) in [6, 6.07) is 8.05. The van der Waals surface area contributed by atoms with Crippen LogP contribution in [0.25, 0.3) is 0 Å². The van der Waals surface area contributed by atoms with Crippen molar-refractivity contribution >= 4 is 38.9 Å². The lowest BCUT2D eigenvalue weighted by molar-refractivity contribution is -0.124. The predicted molar refractivity (Wildman–Crippen MR) is 116 cm³/mol. The maximum atomic E-state index is 13.3. The molecule has 1 N–H and O–H groups in total. The number of amides is 2. The SMILES string of the molecule is CC(=O)N1c2ccc(S(=O)(=O)N3CCCC3C(=O)NCc3cccs3)cc2CC1C. The number of carbonyl (C=O) groups excluding carboxylic acids is 2. The standard InChI is InChI=1S/C21H25N3O4S2/c1-14-11-16-12-18(7-8-19(16)24(14)15(2)25)30(27,28)23-9-3-6-20(23)21(26)22-13-17-5-4-10-29-17/h4-5,7-8,10,12,14,20H,3,6,9,11,13H2,1-2H3,(H,22,26). The highest BCUT2D eigenvalue weighted by molar-refractivity contribution is 7.89. The first-order valence-corrected chi connectivity index (χ1v) is 12.4. The minimum atomic E-state index is -3.81. The van der Waals surface area contributed by atoms with E-state index in [2.05, 4.69) is 5.32 Å². The first kappa shape index (κ1) is 21.0. The van der Waals surface area contributed by atoms with Gasteiger partial charge in [-0.2, -0.15) is 4.31 Å². The van der Waals surface area contributed by atoms with Crippen LogP contribution < -0.4 is 10.2 Å². The Kier molecular flexibility index (Phi) is 5.69. The van der Waals surface area contributed by atoms with Gasteiger partial charge in [0.05, 0.1) is 11.4 Å². The zero-order valence-electron chi connectivity index (χ0n) is 17.0. The van der Waals surface area contributed by atoms with Crippen LogP contribution >= 0.6 is 11.3 Å². The topological polar surface area (TPSA) is 86.8 Å². The molecule has 30 heavy (non-hydrogen) atoms. The largest absolute Gasteiger partial charge is 0.350 e. The molecule has 1 aromatic heterocycles. The van der Waals surface area contributed by atoms with Crippen molar-refractivity contribution in [2.75, 3.05) is 11.4 Å². The molecule has 0 aliphatic carbocycles. The molecule has 2 atom stereocenters. The van der Waals surface area contributed by atoms with Crippen molar-refractivity contribution in [2.24, 2.45) is 0 Å². The van der Waals surface area contributed by atoms with Gasteiger partial charge in [-0.25, -0.2) is 8.42 Å². The fraction of sp³-hybridized carbons (Fsp3) is 0.429. The van der Waals surface area contributed by atoms with Crippen molar-refractivity contribution in [3.8, 4) is 0 Å². The van der Waals surface area contributed by atoms with Gasteiger partial charge in [0.2, 0.25) is 21.8 Å². The van der Waals surface area contributed by atoms with E-state index in [1.165, 1.54) is 11.2 Å². The smallest absolute Gasteiger partial charge is 0.243 e. The van der Waals surface area contributed by atoms with E-state index in [9.17, 15) is 18.0 Å². The van der Waals surface area contributed by atoms with Gasteiger partial charge in [0.25, 0.3) is 0 Å². The van der Waals surface area contributed by atoms with Crippen LogP contribution in [0.3, 0.4) is 0 Å². The molecule has 1 aromatic carbocycles. The van der Waals surface area contributed by atoms with Crippen LogP contribution in [-0.2, 0) is 32.6 Å². The summed E-state index contributed by atoms with van der Waals surface area (Å²) >= 11 is 1.55. The van der Waals surface area contributed by atoms with E-state index >= 15 is 0 Å². The number of thiophene rings is 1. The Morgan fingerprint density at radius 2 is 2.07 bits per heavy atom. The van der Waals surface area contributed by atoms with Gasteiger partial charge in [-0.1, -0.05) is 6.07 Å². The summed E-state index contributed by atoms with van der Waals surface area (Å²) in [5.41, 5.74) is 1.61. The molecule has 2 aliphatic rings. The highest BCUT2D eigenvalue weighted by atomic mass is 32.2. The van der Waals surface area contributed by atoms with Crippen LogP contribution in [0.15, 0.2) is 40.6 Å². The van der Waals surface area contributed by atoms with E-state index in [1.54, 1.807) is 34.4 Å². The number of carbonyl (C=O) groups is 2. The second-order valence-electron chi connectivity index (χ2n) is 7.80. The lowest BCUT2D eigenvalue weighted by Crippen LogP contribution is -2.45. The summed E-state index contributed by atoms with van der Waals surface area (Å²) in [4.78, 5) is 27.6. The van der Waals surface area contributed by atoms with E-state index in [0.29, 0.717) is 32.4 Å². The molecule has 0 saturated carbocycles. The van der Waals surface area contributed by atoms with Crippen molar-refractivity contribution in [1.82, 2.24) is 9.62 Å². The molecule has 0 radical (unpaired) electrons. The molecule has 2 aliphatic heterocycles. The van der Waals surface area contributed by atoms with Gasteiger partial charge in [0, 0.05) is 30.1 Å². The Labute approximate surface area is 180 Å². The summed E-state index contributed by atoms with van der Waals surface area (Å²) in [6.07, 6.45) is 1.77. The number of hydrogen-bond acceptors (Lipinski definition) is 5. The molecule has 2 unspecified atom stereocenters. The number of benzene rings is 1. The first-order chi connectivity index (χ1) is 14.3. The van der Waals surface area contributed by atoms with E-state index in [-0.39, 0.29) is 22.8 Å². The summed E-state index contributed by atoms with van der Waals surface area (Å²) in [7, 11) is -3.81. The van der Waals surface area contributed by atoms with Crippen molar-refractivity contribution in [3.05, 3.63) is 46.2 Å². The maximum Gasteiger partial charge on any atom is 0.243 e. The molecular weight excluding hydrogens is 422 g/mol. The zero-order valence-corrected chi connectivity index (χ0v) is 18.6. The van der Waals surface area contributed by atoms with Gasteiger partial charge in [0.1, 0.15) is 6.04 Å². The number of anilines is 1. The van der Waals surface area contributed by atoms with Gasteiger partial charge >= 0.3 is 0 Å². The molecule has 0 bridgehead atoms. The third-order valence-electron chi connectivity index (χ3n) is 5.74. The van der Waals surface area contributed by atoms with Crippen LogP contribution in [0.4, 0.5) is 5.69 Å². The van der Waals surface area contributed by atoms with Gasteiger partial charge < -0.3 is 10.2 Å². The van der Waals surface area contributed by atoms with Crippen molar-refractivity contribution in [3.63, 3.8) is 0 Å². The first-order valence-electron chi connectivity index (χ1n) is 10.0. The lowest BCUT2D eigenvalue weighted by atomic mass is 10.1. The number of fused-ring (bicyclic) bond motifs is 1. The molecule has 0 spiro atoms. The fourth-order valence-electron chi connectivity index (χ4n) is 4.38. The number of nitrogens with one attached hydrogen (secondary N) is 1. The summed E-state index contributed by atoms with van der Waals surface area (Å²) in [5, 5.41) is 4.81. The molecule has 3 heterocycles. The quantitative estimate of drug-likeness (QED) is 0.763. The van der Waals surface area contributed by atoms with Gasteiger partial charge in [0.15, 0.2) is 0 Å². The normalized spacial score (nSPS) is 21.6. The van der Waals surface area contributed by atoms with Crippen molar-refractivity contribution in [1.29, 1.82) is 0 Å². The Balaban J connectivity index is 1.55. The molecule has 1 saturated heterocycles. The zero-order chi connectivity index (χ0) is 21.5. The van der Waals surface area contributed by atoms with Crippen molar-refractivity contribution in [2.45, 2.75) is 56.6 Å². The monoisotopic (exact) mass is 447 g/mol. The van der Waals surface area contributed by atoms with Gasteiger partial charge in [-0.3, -0.25) is 9.59 Å². The molecule has 4 rings (SSSR count). The van der Waals surface area contributed by atoms with E-state index in [0.717, 1.165) is 16.1 Å². The second-order valence-corrected chi connectivity index (χ2v) is 10.7. The second kappa shape index (κ2) is 8.13. The number of sulfonamides is 1. The van der Waals surface area contributed by atoms with Crippen LogP contribution in [0, 0.1) is 0 Å². The van der Waals surface area contributed by atoms with Crippen LogP contribution in [-0.4, -0.2) is 43.2 Å². The third kappa shape index (κ3) is 3.77. The van der Waals surface area contributed by atoms with Crippen LogP contribution in [0.1, 0.15) is 37.1 Å². The Hall–Kier alpha value is -2.23. The molecule has 2 amide bonds. The fourth-order valence-corrected chi connectivity index (χ4v) is 6.73. The third-order valence-corrected chi connectivity index (χ3v) is 8.52. The Bertz CT molecular complexity index is 1070. The van der Waals surface area contributed by atoms with Crippen LogP contribution in [0.2, 0.25) is 0 Å². The Morgan fingerprint density at radius 3 is 2.77 bits per heavy atom. The summed E-state index contributed by atoms with van der Waals surface area (Å²) < 4.78 is 28.0. The van der Waals surface area contributed by atoms with Gasteiger partial charge in [-0.05, 0) is 61.4 Å². The molecule has 160 valence electrons. The summed E-state index contributed by atoms with van der Waals surface area (Å²) in [5.74, 6) is -0.319. The highest BCUT2D eigenvalue weighted by Gasteiger charge is 2.40. The van der Waals surface area contributed by atoms with Crippen molar-refractivity contribution < 1.29 is 18.0 Å². The maximum absolute atomic E-state index is 13.3. The predicted octanol–water partition coefficient (Wildman–Crippen LogP) is 2.52. The highest BCUT2D eigenvalue weighted by Crippen LogP contribution is 2.35. The van der Waals surface area contributed by atoms with E-state index < -0.39 is 16.1 Å². The molecular formula is C21H25N3O4S2. The minimum absolute atomic E-state index is 0.00183. The Morgan fingerprint density at radius 1 is 1.27 bits per heavy atom. The average Bonchev–Trinajstić information content (AvgIpc) is 3.43. The molecule has 9 heteroatoms. The van der Waals surface area contributed by atoms with Crippen LogP contribution in [0.5, 0.6) is 0 Å². The summed E-state index contributed by atoms with van der Waals surface area (Å²) in [6.45, 7) is 4.19. The lowest BCUT2D eigenvalue weighted by Gasteiger charge is -2.24.